The Balaban J connectivity index is 1.55. The first-order valence-electron chi connectivity index (χ1n) is 6.91. The van der Waals surface area contributed by atoms with Crippen LogP contribution in [-0.4, -0.2) is 30.7 Å². The van der Waals surface area contributed by atoms with Gasteiger partial charge in [-0.2, -0.15) is 0 Å². The molecule has 4 rings (SSSR count). The van der Waals surface area contributed by atoms with Gasteiger partial charge in [0, 0.05) is 23.2 Å². The van der Waals surface area contributed by atoms with Crippen molar-refractivity contribution in [2.45, 2.75) is 18.9 Å². The van der Waals surface area contributed by atoms with Gasteiger partial charge in [-0.1, -0.05) is 0 Å². The summed E-state index contributed by atoms with van der Waals surface area (Å²) >= 11 is 0. The van der Waals surface area contributed by atoms with Crippen molar-refractivity contribution in [2.24, 2.45) is 21.8 Å². The minimum absolute atomic E-state index is 0.217. The summed E-state index contributed by atoms with van der Waals surface area (Å²) in [5.74, 6) is 1.90. The van der Waals surface area contributed by atoms with Gasteiger partial charge in [0.05, 0.1) is 6.54 Å². The van der Waals surface area contributed by atoms with Crippen LogP contribution in [0.15, 0.2) is 34.3 Å². The number of nitrogens with one attached hydrogen (secondary N) is 1. The highest BCUT2D eigenvalue weighted by atomic mass is 19.1. The van der Waals surface area contributed by atoms with E-state index in [4.69, 9.17) is 4.99 Å². The van der Waals surface area contributed by atoms with Crippen molar-refractivity contribution in [3.05, 3.63) is 35.6 Å². The van der Waals surface area contributed by atoms with Crippen LogP contribution in [0.1, 0.15) is 18.4 Å². The van der Waals surface area contributed by atoms with Gasteiger partial charge in [0.1, 0.15) is 5.82 Å². The molecular weight excluding hydrogens is 241 g/mol. The fourth-order valence-electron chi connectivity index (χ4n) is 3.56. The maximum absolute atomic E-state index is 12.9. The second-order valence-corrected chi connectivity index (χ2v) is 5.69. The number of amidine groups is 1. The molecule has 2 heterocycles. The van der Waals surface area contributed by atoms with Crippen molar-refractivity contribution in [3.63, 3.8) is 0 Å². The Morgan fingerprint density at radius 2 is 2.00 bits per heavy atom. The average molecular weight is 257 g/mol. The molecule has 4 heteroatoms. The van der Waals surface area contributed by atoms with E-state index in [0.717, 1.165) is 30.4 Å². The van der Waals surface area contributed by atoms with E-state index in [2.05, 4.69) is 10.3 Å². The quantitative estimate of drug-likeness (QED) is 0.864. The second-order valence-electron chi connectivity index (χ2n) is 5.69. The van der Waals surface area contributed by atoms with Crippen LogP contribution in [0.5, 0.6) is 0 Å². The lowest BCUT2D eigenvalue weighted by atomic mass is 9.90. The van der Waals surface area contributed by atoms with Crippen molar-refractivity contribution in [2.75, 3.05) is 13.1 Å². The molecule has 3 aliphatic rings. The van der Waals surface area contributed by atoms with Crippen molar-refractivity contribution in [3.8, 4) is 0 Å². The third kappa shape index (κ3) is 1.91. The number of nitrogens with zero attached hydrogens (tertiary/aromatic N) is 2. The van der Waals surface area contributed by atoms with Gasteiger partial charge in [-0.25, -0.2) is 9.38 Å². The van der Waals surface area contributed by atoms with Gasteiger partial charge < -0.3 is 5.32 Å². The van der Waals surface area contributed by atoms with Gasteiger partial charge in [-0.3, -0.25) is 4.99 Å². The lowest BCUT2D eigenvalue weighted by molar-refractivity contribution is 0.435. The number of rotatable bonds is 2. The molecule has 1 aromatic rings. The normalized spacial score (nSPS) is 32.6. The lowest BCUT2D eigenvalue weighted by Gasteiger charge is -2.21. The summed E-state index contributed by atoms with van der Waals surface area (Å²) < 4.78 is 12.9. The predicted octanol–water partition coefficient (Wildman–Crippen LogP) is 2.02. The van der Waals surface area contributed by atoms with E-state index in [0.29, 0.717) is 12.0 Å². The summed E-state index contributed by atoms with van der Waals surface area (Å²) in [7, 11) is 0. The minimum atomic E-state index is -0.217. The van der Waals surface area contributed by atoms with E-state index in [1.54, 1.807) is 12.1 Å². The third-order valence-electron chi connectivity index (χ3n) is 4.53. The molecule has 0 aromatic heterocycles. The number of halogens is 1. The summed E-state index contributed by atoms with van der Waals surface area (Å²) in [5, 5.41) is 3.52. The van der Waals surface area contributed by atoms with Gasteiger partial charge in [-0.05, 0) is 49.6 Å². The fourth-order valence-corrected chi connectivity index (χ4v) is 3.56. The molecule has 2 aliphatic heterocycles. The molecule has 0 spiro atoms. The summed E-state index contributed by atoms with van der Waals surface area (Å²) in [6.45, 7) is 1.85. The molecule has 0 radical (unpaired) electrons. The van der Waals surface area contributed by atoms with E-state index < -0.39 is 0 Å². The smallest absolute Gasteiger partial charge is 0.154 e. The van der Waals surface area contributed by atoms with Gasteiger partial charge in [0.2, 0.25) is 0 Å². The summed E-state index contributed by atoms with van der Waals surface area (Å²) in [6, 6.07) is 7.12. The molecule has 1 aliphatic carbocycles. The maximum atomic E-state index is 12.9. The van der Waals surface area contributed by atoms with Crippen molar-refractivity contribution >= 4 is 11.5 Å². The van der Waals surface area contributed by atoms with Gasteiger partial charge in [-0.15, -0.1) is 0 Å². The van der Waals surface area contributed by atoms with Gasteiger partial charge >= 0.3 is 0 Å². The highest BCUT2D eigenvalue weighted by Gasteiger charge is 2.42. The van der Waals surface area contributed by atoms with Crippen LogP contribution in [0.3, 0.4) is 0 Å². The van der Waals surface area contributed by atoms with Gasteiger partial charge in [0.25, 0.3) is 0 Å². The first kappa shape index (κ1) is 11.3. The first-order valence-corrected chi connectivity index (χ1v) is 6.91. The number of hydrogen-bond acceptors (Lipinski definition) is 3. The fraction of sp³-hybridized carbons (Fsp3) is 0.467. The molecule has 3 atom stereocenters. The van der Waals surface area contributed by atoms with Crippen LogP contribution in [-0.2, 0) is 0 Å². The predicted molar refractivity (Wildman–Crippen MR) is 73.2 cm³/mol. The highest BCUT2D eigenvalue weighted by Crippen LogP contribution is 2.38. The Kier molecular flexibility index (Phi) is 2.52. The van der Waals surface area contributed by atoms with Crippen molar-refractivity contribution in [1.82, 2.24) is 5.32 Å². The molecule has 2 bridgehead atoms. The summed E-state index contributed by atoms with van der Waals surface area (Å²) in [4.78, 5) is 9.22. The zero-order valence-electron chi connectivity index (χ0n) is 10.6. The molecule has 1 saturated carbocycles. The van der Waals surface area contributed by atoms with Crippen LogP contribution in [0.4, 0.5) is 4.39 Å². The Bertz CT molecular complexity index is 561. The number of piperidine rings is 1. The van der Waals surface area contributed by atoms with Crippen LogP contribution < -0.4 is 5.32 Å². The maximum Gasteiger partial charge on any atom is 0.154 e. The van der Waals surface area contributed by atoms with Crippen LogP contribution in [0.2, 0.25) is 0 Å². The molecule has 1 saturated heterocycles. The molecule has 0 amide bonds. The Morgan fingerprint density at radius 3 is 2.68 bits per heavy atom. The Morgan fingerprint density at radius 1 is 1.16 bits per heavy atom. The molecular formula is C15H16FN3. The first-order chi connectivity index (χ1) is 9.29. The topological polar surface area (TPSA) is 36.8 Å². The Labute approximate surface area is 111 Å². The van der Waals surface area contributed by atoms with Crippen molar-refractivity contribution < 1.29 is 4.39 Å². The second kappa shape index (κ2) is 4.23. The summed E-state index contributed by atoms with van der Waals surface area (Å²) in [5.41, 5.74) is 2.14. The molecule has 19 heavy (non-hydrogen) atoms. The molecule has 1 N–H and O–H groups in total. The standard InChI is InChI=1S/C15H16FN3/c16-11-3-1-9(2-4-11)15-18-8-14(19-15)13-6-12-5-10(13)7-17-12/h1-4,10,12-13,17H,5-8H2. The van der Waals surface area contributed by atoms with E-state index in [9.17, 15) is 4.39 Å². The highest BCUT2D eigenvalue weighted by molar-refractivity contribution is 6.12. The van der Waals surface area contributed by atoms with Crippen LogP contribution in [0.25, 0.3) is 0 Å². The molecule has 1 aromatic carbocycles. The number of aliphatic imine (C=N–C) groups is 2. The van der Waals surface area contributed by atoms with E-state index in [-0.39, 0.29) is 5.82 Å². The molecule has 3 nitrogen and oxygen atoms in total. The molecule has 98 valence electrons. The molecule has 3 unspecified atom stereocenters. The molecule has 2 fully saturated rings. The zero-order chi connectivity index (χ0) is 12.8. The number of hydrogen-bond donors (Lipinski definition) is 1. The van der Waals surface area contributed by atoms with Crippen molar-refractivity contribution in [1.29, 1.82) is 0 Å². The third-order valence-corrected chi connectivity index (χ3v) is 4.53. The number of fused-ring (bicyclic) bond motifs is 2. The monoisotopic (exact) mass is 257 g/mol. The van der Waals surface area contributed by atoms with Crippen LogP contribution in [0, 0.1) is 17.7 Å². The lowest BCUT2D eigenvalue weighted by Crippen LogP contribution is -2.33. The number of benzene rings is 1. The average Bonchev–Trinajstić information content (AvgIpc) is 3.15. The zero-order valence-corrected chi connectivity index (χ0v) is 10.6. The SMILES string of the molecule is Fc1ccc(C2=NCC(C3CC4CC3CN4)=N2)cc1. The van der Waals surface area contributed by atoms with Crippen LogP contribution >= 0.6 is 0 Å². The van der Waals surface area contributed by atoms with E-state index >= 15 is 0 Å². The van der Waals surface area contributed by atoms with Gasteiger partial charge in [0.15, 0.2) is 5.84 Å². The van der Waals surface area contributed by atoms with E-state index in [1.807, 2.05) is 0 Å². The van der Waals surface area contributed by atoms with E-state index in [1.165, 1.54) is 30.7 Å². The Hall–Kier alpha value is -1.55. The largest absolute Gasteiger partial charge is 0.314 e. The summed E-state index contributed by atoms with van der Waals surface area (Å²) in [6.07, 6.45) is 2.49. The minimum Gasteiger partial charge on any atom is -0.314 e.